The molecule has 0 spiro atoms. The summed E-state index contributed by atoms with van der Waals surface area (Å²) < 4.78 is 93.6. The fourth-order valence-corrected chi connectivity index (χ4v) is 6.20. The van der Waals surface area contributed by atoms with Gasteiger partial charge in [-0.1, -0.05) is 17.3 Å². The number of aryl methyl sites for hydroxylation is 1. The first-order chi connectivity index (χ1) is 20.4. The van der Waals surface area contributed by atoms with Gasteiger partial charge in [-0.15, -0.1) is 16.4 Å². The average Bonchev–Trinajstić information content (AvgIpc) is 3.65. The third kappa shape index (κ3) is 7.04. The van der Waals surface area contributed by atoms with Gasteiger partial charge in [0.05, 0.1) is 47.9 Å². The van der Waals surface area contributed by atoms with Crippen LogP contribution in [0.2, 0.25) is 0 Å². The summed E-state index contributed by atoms with van der Waals surface area (Å²) in [6.07, 6.45) is -8.17. The smallest absolute Gasteiger partial charge is 0.393 e. The van der Waals surface area contributed by atoms with Crippen molar-refractivity contribution >= 4 is 33.0 Å². The van der Waals surface area contributed by atoms with E-state index in [0.29, 0.717) is 10.4 Å². The molecule has 0 aliphatic carbocycles. The number of carbonyl (C=O) groups is 1. The van der Waals surface area contributed by atoms with E-state index in [1.54, 1.807) is 19.2 Å². The lowest BCUT2D eigenvalue weighted by atomic mass is 10.0. The molecule has 3 aromatic heterocycles. The largest absolute Gasteiger partial charge is 0.479 e. The van der Waals surface area contributed by atoms with Crippen LogP contribution in [-0.2, 0) is 20.0 Å². The Bertz CT molecular complexity index is 1590. The van der Waals surface area contributed by atoms with Crippen molar-refractivity contribution in [1.82, 2.24) is 30.1 Å². The van der Waals surface area contributed by atoms with Crippen LogP contribution in [0, 0.1) is 0 Å². The average molecular weight is 632 g/mol. The summed E-state index contributed by atoms with van der Waals surface area (Å²) in [6.45, 7) is -0.657. The zero-order valence-corrected chi connectivity index (χ0v) is 23.7. The Morgan fingerprint density at radius 3 is 2.79 bits per heavy atom. The number of likely N-dealkylation sites (tertiary alicyclic amines) is 1. The van der Waals surface area contributed by atoms with Crippen LogP contribution >= 0.6 is 11.3 Å². The molecule has 1 aliphatic rings. The van der Waals surface area contributed by atoms with E-state index in [1.165, 1.54) is 29.0 Å². The first-order valence-electron chi connectivity index (χ1n) is 13.1. The van der Waals surface area contributed by atoms with Crippen molar-refractivity contribution in [1.29, 1.82) is 0 Å². The Labute approximate surface area is 245 Å². The lowest BCUT2D eigenvalue weighted by Gasteiger charge is -2.35. The number of nitrogens with zero attached hydrogens (tertiary/aromatic N) is 5. The van der Waals surface area contributed by atoms with Gasteiger partial charge in [0, 0.05) is 26.3 Å². The second kappa shape index (κ2) is 12.4. The number of carbonyl (C=O) groups excluding carboxylic acids is 1. The lowest BCUT2D eigenvalue weighted by molar-refractivity contribution is -0.126. The fourth-order valence-electron chi connectivity index (χ4n) is 4.98. The van der Waals surface area contributed by atoms with Gasteiger partial charge in [-0.05, 0) is 23.4 Å². The molecule has 232 valence electrons. The minimum atomic E-state index is -4.56. The molecule has 17 heteroatoms. The summed E-state index contributed by atoms with van der Waals surface area (Å²) in [5.41, 5.74) is 0.502. The zero-order chi connectivity index (χ0) is 30.9. The summed E-state index contributed by atoms with van der Waals surface area (Å²) >= 11 is 0.991. The maximum Gasteiger partial charge on any atom is 0.393 e. The normalized spacial score (nSPS) is 18.0. The van der Waals surface area contributed by atoms with Crippen LogP contribution in [-0.4, -0.2) is 82.3 Å². The van der Waals surface area contributed by atoms with E-state index in [-0.39, 0.29) is 65.0 Å². The number of hydrogen-bond donors (Lipinski definition) is 2. The summed E-state index contributed by atoms with van der Waals surface area (Å²) in [4.78, 5) is 18.3. The van der Waals surface area contributed by atoms with E-state index in [1.807, 2.05) is 0 Å². The number of nitrogens with one attached hydrogen (secondary N) is 2. The summed E-state index contributed by atoms with van der Waals surface area (Å²) in [6, 6.07) is 4.00. The molecule has 43 heavy (non-hydrogen) atoms. The maximum absolute atomic E-state index is 14.9. The Morgan fingerprint density at radius 2 is 2.09 bits per heavy atom. The van der Waals surface area contributed by atoms with Crippen LogP contribution in [0.1, 0.15) is 28.2 Å². The molecule has 0 saturated carbocycles. The number of fused-ring (bicyclic) bond motifs is 1. The number of rotatable bonds is 10. The number of ether oxygens (including phenoxy) is 1. The second-order valence-electron chi connectivity index (χ2n) is 10.0. The van der Waals surface area contributed by atoms with E-state index in [9.17, 15) is 31.1 Å². The first-order valence-corrected chi connectivity index (χ1v) is 13.9. The molecule has 0 bridgehead atoms. The van der Waals surface area contributed by atoms with Crippen molar-refractivity contribution in [2.75, 3.05) is 32.1 Å². The maximum atomic E-state index is 14.9. The number of amides is 1. The van der Waals surface area contributed by atoms with Gasteiger partial charge in [-0.2, -0.15) is 18.2 Å². The molecule has 0 unspecified atom stereocenters. The molecule has 10 nitrogen and oxygen atoms in total. The second-order valence-corrected chi connectivity index (χ2v) is 11.0. The van der Waals surface area contributed by atoms with Crippen molar-refractivity contribution in [2.45, 2.75) is 44.2 Å². The molecular formula is C26H27F6N7O3S. The molecule has 1 fully saturated rings. The molecule has 2 N–H and O–H groups in total. The molecule has 1 amide bonds. The van der Waals surface area contributed by atoms with Crippen molar-refractivity contribution < 1.29 is 40.4 Å². The van der Waals surface area contributed by atoms with Gasteiger partial charge in [0.1, 0.15) is 11.7 Å². The van der Waals surface area contributed by atoms with Gasteiger partial charge in [-0.25, -0.2) is 13.2 Å². The number of alkyl halides is 6. The van der Waals surface area contributed by atoms with Gasteiger partial charge < -0.3 is 19.9 Å². The Balaban J connectivity index is 1.39. The highest BCUT2D eigenvalue weighted by molar-refractivity contribution is 7.23. The number of methoxy groups -OCH3 is 1. The third-order valence-electron chi connectivity index (χ3n) is 6.86. The van der Waals surface area contributed by atoms with Crippen molar-refractivity contribution in [2.24, 2.45) is 7.05 Å². The van der Waals surface area contributed by atoms with Gasteiger partial charge in [0.25, 0.3) is 12.3 Å². The SMILES string of the molecule is COc1nn(C)cc1C(=O)NCc1nc(-c2sc3c(N[C@@H]4CCN(CC(F)F)C[C@@H]4F)cccc3c2CC(F)(F)F)no1. The Kier molecular flexibility index (Phi) is 8.82. The number of thiophene rings is 1. The predicted molar refractivity (Wildman–Crippen MR) is 145 cm³/mol. The van der Waals surface area contributed by atoms with Crippen LogP contribution in [0.25, 0.3) is 20.8 Å². The van der Waals surface area contributed by atoms with Gasteiger partial charge in [0.2, 0.25) is 17.6 Å². The Morgan fingerprint density at radius 1 is 1.30 bits per heavy atom. The van der Waals surface area contributed by atoms with Gasteiger partial charge >= 0.3 is 6.18 Å². The number of aromatic nitrogens is 4. The Hall–Kier alpha value is -3.86. The monoisotopic (exact) mass is 631 g/mol. The van der Waals surface area contributed by atoms with Gasteiger partial charge in [-0.3, -0.25) is 14.4 Å². The molecule has 1 aromatic carbocycles. The molecule has 5 rings (SSSR count). The number of benzene rings is 1. The van der Waals surface area contributed by atoms with E-state index in [0.717, 1.165) is 11.3 Å². The van der Waals surface area contributed by atoms with E-state index >= 15 is 0 Å². The van der Waals surface area contributed by atoms with Crippen LogP contribution in [0.15, 0.2) is 28.9 Å². The van der Waals surface area contributed by atoms with Crippen molar-refractivity contribution in [3.63, 3.8) is 0 Å². The minimum absolute atomic E-state index is 0.0456. The fraction of sp³-hybridized carbons (Fsp3) is 0.462. The molecule has 1 saturated heterocycles. The molecule has 4 aromatic rings. The third-order valence-corrected chi connectivity index (χ3v) is 8.14. The molecule has 0 radical (unpaired) electrons. The van der Waals surface area contributed by atoms with Crippen LogP contribution < -0.4 is 15.4 Å². The van der Waals surface area contributed by atoms with Crippen molar-refractivity contribution in [3.8, 4) is 16.6 Å². The number of halogens is 6. The molecule has 2 atom stereocenters. The highest BCUT2D eigenvalue weighted by atomic mass is 32.1. The van der Waals surface area contributed by atoms with Gasteiger partial charge in [0.15, 0.2) is 0 Å². The lowest BCUT2D eigenvalue weighted by Crippen LogP contribution is -2.49. The summed E-state index contributed by atoms with van der Waals surface area (Å²) in [5, 5.41) is 13.8. The molecule has 1 aliphatic heterocycles. The predicted octanol–water partition coefficient (Wildman–Crippen LogP) is 4.82. The number of piperidine rings is 1. The number of anilines is 1. The standard InChI is InChI=1S/C26H27F6N7O3S/c1-38-10-15(25(36-38)41-2)24(40)33-9-20-35-23(37-42-20)22-14(8-26(30,31)32)13-4-3-5-18(21(13)43-22)34-17-6-7-39(11-16(17)27)12-19(28)29/h3-5,10,16-17,19,34H,6-9,11-12H2,1-2H3,(H,33,40)/t16-,17+/m0/s1. The van der Waals surface area contributed by atoms with Crippen LogP contribution in [0.3, 0.4) is 0 Å². The molecular weight excluding hydrogens is 604 g/mol. The minimum Gasteiger partial charge on any atom is -0.479 e. The van der Waals surface area contributed by atoms with Crippen LogP contribution in [0.5, 0.6) is 5.88 Å². The van der Waals surface area contributed by atoms with E-state index in [4.69, 9.17) is 9.26 Å². The van der Waals surface area contributed by atoms with E-state index < -0.39 is 43.7 Å². The highest BCUT2D eigenvalue weighted by Gasteiger charge is 2.34. The summed E-state index contributed by atoms with van der Waals surface area (Å²) in [5.74, 6) is -0.573. The highest BCUT2D eigenvalue weighted by Crippen LogP contribution is 2.43. The number of hydrogen-bond acceptors (Lipinski definition) is 9. The topological polar surface area (TPSA) is 110 Å². The molecule has 4 heterocycles. The van der Waals surface area contributed by atoms with Crippen LogP contribution in [0.4, 0.5) is 32.0 Å². The first kappa shape index (κ1) is 30.6. The summed E-state index contributed by atoms with van der Waals surface area (Å²) in [7, 11) is 2.98. The van der Waals surface area contributed by atoms with E-state index in [2.05, 4.69) is 25.9 Å². The van der Waals surface area contributed by atoms with Crippen molar-refractivity contribution in [3.05, 3.63) is 41.4 Å². The zero-order valence-electron chi connectivity index (χ0n) is 22.9. The quantitative estimate of drug-likeness (QED) is 0.240.